The molecule has 0 radical (unpaired) electrons. The van der Waals surface area contributed by atoms with Gasteiger partial charge >= 0.3 is 5.97 Å². The van der Waals surface area contributed by atoms with Crippen molar-refractivity contribution in [3.8, 4) is 0 Å². The van der Waals surface area contributed by atoms with E-state index in [4.69, 9.17) is 5.11 Å². The van der Waals surface area contributed by atoms with Crippen LogP contribution in [0.5, 0.6) is 0 Å². The van der Waals surface area contributed by atoms with Crippen LogP contribution in [0.25, 0.3) is 0 Å². The summed E-state index contributed by atoms with van der Waals surface area (Å²) in [6.07, 6.45) is 2.08. The maximum Gasteiger partial charge on any atom is 0.337 e. The van der Waals surface area contributed by atoms with Crippen molar-refractivity contribution in [1.29, 1.82) is 0 Å². The van der Waals surface area contributed by atoms with Gasteiger partial charge in [0, 0.05) is 18.3 Å². The summed E-state index contributed by atoms with van der Waals surface area (Å²) in [7, 11) is 2.04. The van der Waals surface area contributed by atoms with E-state index >= 15 is 0 Å². The number of halogens is 1. The van der Waals surface area contributed by atoms with E-state index < -0.39 is 11.8 Å². The molecule has 1 heterocycles. The number of anilines is 1. The number of likely N-dealkylation sites (tertiary alicyclic amines) is 1. The van der Waals surface area contributed by atoms with Crippen molar-refractivity contribution in [2.75, 3.05) is 25.5 Å². The predicted octanol–water partition coefficient (Wildman–Crippen LogP) is 2.03. The first-order valence-corrected chi connectivity index (χ1v) is 6.04. The van der Waals surface area contributed by atoms with Gasteiger partial charge in [-0.05, 0) is 44.6 Å². The summed E-state index contributed by atoms with van der Waals surface area (Å²) in [6, 6.07) is 4.04. The molecule has 0 bridgehead atoms. The van der Waals surface area contributed by atoms with Gasteiger partial charge in [-0.25, -0.2) is 9.18 Å². The van der Waals surface area contributed by atoms with E-state index in [1.807, 2.05) is 7.05 Å². The lowest BCUT2D eigenvalue weighted by Crippen LogP contribution is -2.40. The van der Waals surface area contributed by atoms with Gasteiger partial charge in [-0.3, -0.25) is 0 Å². The Morgan fingerprint density at radius 1 is 1.56 bits per heavy atom. The summed E-state index contributed by atoms with van der Waals surface area (Å²) < 4.78 is 13.0. The molecule has 0 spiro atoms. The minimum Gasteiger partial charge on any atom is -0.478 e. The van der Waals surface area contributed by atoms with Crippen LogP contribution in [-0.4, -0.2) is 42.2 Å². The van der Waals surface area contributed by atoms with Crippen molar-refractivity contribution < 1.29 is 14.3 Å². The zero-order chi connectivity index (χ0) is 13.1. The predicted molar refractivity (Wildman–Crippen MR) is 67.5 cm³/mol. The number of aromatic carboxylic acids is 1. The monoisotopic (exact) mass is 252 g/mol. The maximum atomic E-state index is 13.0. The number of carbonyl (C=O) groups is 1. The summed E-state index contributed by atoms with van der Waals surface area (Å²) >= 11 is 0. The Bertz CT molecular complexity index is 451. The molecule has 1 atom stereocenters. The van der Waals surface area contributed by atoms with Gasteiger partial charge in [0.15, 0.2) is 0 Å². The van der Waals surface area contributed by atoms with Crippen LogP contribution in [-0.2, 0) is 0 Å². The molecule has 1 fully saturated rings. The second kappa shape index (κ2) is 5.35. The lowest BCUT2D eigenvalue weighted by Gasteiger charge is -2.31. The van der Waals surface area contributed by atoms with E-state index in [0.717, 1.165) is 32.0 Å². The summed E-state index contributed by atoms with van der Waals surface area (Å²) in [5, 5.41) is 12.3. The Morgan fingerprint density at radius 2 is 2.33 bits per heavy atom. The zero-order valence-electron chi connectivity index (χ0n) is 10.3. The topological polar surface area (TPSA) is 52.6 Å². The number of nitrogens with one attached hydrogen (secondary N) is 1. The number of carboxylic acid groups (broad SMARTS) is 1. The second-order valence-corrected chi connectivity index (χ2v) is 4.74. The van der Waals surface area contributed by atoms with Gasteiger partial charge in [0.2, 0.25) is 0 Å². The van der Waals surface area contributed by atoms with E-state index in [2.05, 4.69) is 10.2 Å². The standard InChI is InChI=1S/C13H17FN2O2/c1-16-6-2-3-10(8-16)15-12-5-4-9(14)7-11(12)13(17)18/h4-5,7,10,15H,2-3,6,8H2,1H3,(H,17,18). The normalized spacial score (nSPS) is 20.7. The molecule has 1 aliphatic heterocycles. The van der Waals surface area contributed by atoms with Crippen molar-refractivity contribution in [1.82, 2.24) is 4.90 Å². The van der Waals surface area contributed by atoms with Crippen LogP contribution in [0, 0.1) is 5.82 Å². The van der Waals surface area contributed by atoms with Crippen molar-refractivity contribution in [3.63, 3.8) is 0 Å². The third kappa shape index (κ3) is 2.98. The average molecular weight is 252 g/mol. The third-order valence-electron chi connectivity index (χ3n) is 3.20. The number of benzene rings is 1. The quantitative estimate of drug-likeness (QED) is 0.864. The van der Waals surface area contributed by atoms with E-state index in [-0.39, 0.29) is 11.6 Å². The van der Waals surface area contributed by atoms with Gasteiger partial charge in [-0.15, -0.1) is 0 Å². The van der Waals surface area contributed by atoms with Crippen LogP contribution in [0.2, 0.25) is 0 Å². The highest BCUT2D eigenvalue weighted by atomic mass is 19.1. The number of carboxylic acids is 1. The number of piperidine rings is 1. The van der Waals surface area contributed by atoms with Gasteiger partial charge in [-0.2, -0.15) is 0 Å². The van der Waals surface area contributed by atoms with E-state index in [0.29, 0.717) is 5.69 Å². The van der Waals surface area contributed by atoms with Crippen LogP contribution in [0.3, 0.4) is 0 Å². The second-order valence-electron chi connectivity index (χ2n) is 4.74. The van der Waals surface area contributed by atoms with Gasteiger partial charge in [0.05, 0.1) is 5.56 Å². The molecular weight excluding hydrogens is 235 g/mol. The molecule has 1 aromatic carbocycles. The van der Waals surface area contributed by atoms with Crippen molar-refractivity contribution in [2.45, 2.75) is 18.9 Å². The first-order chi connectivity index (χ1) is 8.56. The molecule has 0 aliphatic carbocycles. The SMILES string of the molecule is CN1CCCC(Nc2ccc(F)cc2C(=O)O)C1. The highest BCUT2D eigenvalue weighted by Gasteiger charge is 2.19. The van der Waals surface area contributed by atoms with Crippen LogP contribution in [0.15, 0.2) is 18.2 Å². The Labute approximate surface area is 105 Å². The van der Waals surface area contributed by atoms with Crippen LogP contribution in [0.1, 0.15) is 23.2 Å². The number of likely N-dealkylation sites (N-methyl/N-ethyl adjacent to an activating group) is 1. The summed E-state index contributed by atoms with van der Waals surface area (Å²) in [5.41, 5.74) is 0.479. The first-order valence-electron chi connectivity index (χ1n) is 6.04. The van der Waals surface area contributed by atoms with Gasteiger partial charge in [-0.1, -0.05) is 0 Å². The maximum absolute atomic E-state index is 13.0. The van der Waals surface area contributed by atoms with Crippen molar-refractivity contribution >= 4 is 11.7 Å². The average Bonchev–Trinajstić information content (AvgIpc) is 2.31. The summed E-state index contributed by atoms with van der Waals surface area (Å²) in [5.74, 6) is -1.64. The number of nitrogens with zero attached hydrogens (tertiary/aromatic N) is 1. The molecule has 1 aromatic rings. The molecule has 1 aliphatic rings. The van der Waals surface area contributed by atoms with E-state index in [1.54, 1.807) is 0 Å². The third-order valence-corrected chi connectivity index (χ3v) is 3.20. The molecule has 1 saturated heterocycles. The summed E-state index contributed by atoms with van der Waals surface area (Å²) in [6.45, 7) is 1.93. The molecule has 2 N–H and O–H groups in total. The van der Waals surface area contributed by atoms with E-state index in [9.17, 15) is 9.18 Å². The van der Waals surface area contributed by atoms with Crippen LogP contribution >= 0.6 is 0 Å². The van der Waals surface area contributed by atoms with Gasteiger partial charge in [0.1, 0.15) is 5.82 Å². The smallest absolute Gasteiger partial charge is 0.337 e. The van der Waals surface area contributed by atoms with Crippen LogP contribution < -0.4 is 5.32 Å². The molecular formula is C13H17FN2O2. The molecule has 18 heavy (non-hydrogen) atoms. The molecule has 0 saturated carbocycles. The molecule has 2 rings (SSSR count). The lowest BCUT2D eigenvalue weighted by atomic mass is 10.0. The fourth-order valence-electron chi connectivity index (χ4n) is 2.32. The first kappa shape index (κ1) is 12.8. The number of hydrogen-bond acceptors (Lipinski definition) is 3. The molecule has 98 valence electrons. The Morgan fingerprint density at radius 3 is 3.00 bits per heavy atom. The fraction of sp³-hybridized carbons (Fsp3) is 0.462. The Kier molecular flexibility index (Phi) is 3.81. The van der Waals surface area contributed by atoms with Gasteiger partial charge < -0.3 is 15.3 Å². The fourth-order valence-corrected chi connectivity index (χ4v) is 2.32. The highest BCUT2D eigenvalue weighted by molar-refractivity contribution is 5.94. The number of rotatable bonds is 3. The Hall–Kier alpha value is -1.62. The van der Waals surface area contributed by atoms with Crippen molar-refractivity contribution in [2.24, 2.45) is 0 Å². The lowest BCUT2D eigenvalue weighted by molar-refractivity contribution is 0.0697. The summed E-state index contributed by atoms with van der Waals surface area (Å²) in [4.78, 5) is 13.3. The minimum atomic E-state index is -1.11. The zero-order valence-corrected chi connectivity index (χ0v) is 10.3. The van der Waals surface area contributed by atoms with Crippen molar-refractivity contribution in [3.05, 3.63) is 29.6 Å². The largest absolute Gasteiger partial charge is 0.478 e. The molecule has 5 heteroatoms. The van der Waals surface area contributed by atoms with E-state index in [1.165, 1.54) is 12.1 Å². The molecule has 0 aromatic heterocycles. The van der Waals surface area contributed by atoms with Crippen LogP contribution in [0.4, 0.5) is 10.1 Å². The highest BCUT2D eigenvalue weighted by Crippen LogP contribution is 2.20. The molecule has 0 amide bonds. The number of hydrogen-bond donors (Lipinski definition) is 2. The molecule has 4 nitrogen and oxygen atoms in total. The molecule has 1 unspecified atom stereocenters. The minimum absolute atomic E-state index is 0.0109. The van der Waals surface area contributed by atoms with Gasteiger partial charge in [0.25, 0.3) is 0 Å². The Balaban J connectivity index is 2.15.